The summed E-state index contributed by atoms with van der Waals surface area (Å²) in [6.45, 7) is 0.842. The number of halogens is 1. The second-order valence-corrected chi connectivity index (χ2v) is 10.3. The molecule has 4 aromatic rings. The highest BCUT2D eigenvalue weighted by Crippen LogP contribution is 2.30. The molecule has 0 aliphatic heterocycles. The summed E-state index contributed by atoms with van der Waals surface area (Å²) in [4.78, 5) is 8.77. The van der Waals surface area contributed by atoms with E-state index in [2.05, 4.69) is 36.5 Å². The maximum atomic E-state index is 11.2. The van der Waals surface area contributed by atoms with Gasteiger partial charge in [-0.05, 0) is 48.5 Å². The first-order valence-corrected chi connectivity index (χ1v) is 12.5. The number of aromatic nitrogens is 2. The van der Waals surface area contributed by atoms with Crippen LogP contribution in [0.5, 0.6) is 0 Å². The number of anilines is 2. The number of fused-ring (bicyclic) bond motifs is 1. The molecule has 4 rings (SSSR count). The van der Waals surface area contributed by atoms with Gasteiger partial charge in [-0.25, -0.2) is 18.4 Å². The first-order valence-electron chi connectivity index (χ1n) is 9.62. The Labute approximate surface area is 189 Å². The molecule has 0 atom stereocenters. The summed E-state index contributed by atoms with van der Waals surface area (Å²) in [5.74, 6) is 2.26. The molecule has 0 radical (unpaired) electrons. The lowest BCUT2D eigenvalue weighted by Crippen LogP contribution is -2.21. The second-order valence-electron chi connectivity index (χ2n) is 7.16. The molecule has 0 saturated carbocycles. The van der Waals surface area contributed by atoms with Crippen LogP contribution in [0, 0.1) is 0 Å². The van der Waals surface area contributed by atoms with Gasteiger partial charge in [-0.2, -0.15) is 0 Å². The zero-order valence-corrected chi connectivity index (χ0v) is 19.2. The zero-order valence-electron chi connectivity index (χ0n) is 16.8. The lowest BCUT2D eigenvalue weighted by atomic mass is 10.1. The highest BCUT2D eigenvalue weighted by atomic mass is 79.9. The van der Waals surface area contributed by atoms with Gasteiger partial charge in [0.2, 0.25) is 0 Å². The van der Waals surface area contributed by atoms with Crippen LogP contribution in [0.25, 0.3) is 22.2 Å². The number of sulfone groups is 1. The molecule has 0 unspecified atom stereocenters. The zero-order chi connectivity index (χ0) is 21.8. The first-order chi connectivity index (χ1) is 14.9. The van der Waals surface area contributed by atoms with Gasteiger partial charge in [0.1, 0.15) is 33.5 Å². The summed E-state index contributed by atoms with van der Waals surface area (Å²) in [5, 5.41) is 7.31. The Bertz CT molecular complexity index is 1320. The molecule has 0 bridgehead atoms. The lowest BCUT2D eigenvalue weighted by molar-refractivity contribution is 0.498. The van der Waals surface area contributed by atoms with Gasteiger partial charge in [-0.3, -0.25) is 0 Å². The highest BCUT2D eigenvalue weighted by molar-refractivity contribution is 9.10. The summed E-state index contributed by atoms with van der Waals surface area (Å²) in [6, 6.07) is 17.5. The number of hydrogen-bond donors (Lipinski definition) is 2. The third kappa shape index (κ3) is 5.69. The summed E-state index contributed by atoms with van der Waals surface area (Å²) < 4.78 is 29.4. The normalized spacial score (nSPS) is 11.7. The number of furan rings is 1. The molecule has 7 nitrogen and oxygen atoms in total. The molecule has 2 heterocycles. The second kappa shape index (κ2) is 9.17. The average Bonchev–Trinajstić information content (AvgIpc) is 3.20. The number of nitrogens with one attached hydrogen (secondary N) is 2. The van der Waals surface area contributed by atoms with E-state index in [9.17, 15) is 8.42 Å². The van der Waals surface area contributed by atoms with Crippen LogP contribution < -0.4 is 10.6 Å². The van der Waals surface area contributed by atoms with Crippen LogP contribution in [-0.4, -0.2) is 36.9 Å². The Kier molecular flexibility index (Phi) is 6.35. The number of benzene rings is 2. The molecule has 0 amide bonds. The SMILES string of the molecule is CS(=O)(=O)CCNCc1ccc(-c2ccc3ncnc(Nc4cccc(Br)c4)c3c2)o1. The predicted molar refractivity (Wildman–Crippen MR) is 126 cm³/mol. The van der Waals surface area contributed by atoms with Gasteiger partial charge in [0.15, 0.2) is 0 Å². The van der Waals surface area contributed by atoms with E-state index >= 15 is 0 Å². The van der Waals surface area contributed by atoms with Gasteiger partial charge in [0.25, 0.3) is 0 Å². The van der Waals surface area contributed by atoms with Crippen LogP contribution in [0.3, 0.4) is 0 Å². The van der Waals surface area contributed by atoms with Crippen LogP contribution >= 0.6 is 15.9 Å². The molecule has 0 aliphatic rings. The molecule has 31 heavy (non-hydrogen) atoms. The molecular weight excluding hydrogens is 480 g/mol. The quantitative estimate of drug-likeness (QED) is 0.343. The molecule has 2 N–H and O–H groups in total. The third-order valence-electron chi connectivity index (χ3n) is 4.62. The van der Waals surface area contributed by atoms with Gasteiger partial charge in [-0.1, -0.05) is 22.0 Å². The minimum Gasteiger partial charge on any atom is -0.460 e. The Morgan fingerprint density at radius 2 is 1.94 bits per heavy atom. The van der Waals surface area contributed by atoms with Crippen LogP contribution in [0.15, 0.2) is 69.8 Å². The predicted octanol–water partition coefficient (Wildman–Crippen LogP) is 4.53. The lowest BCUT2D eigenvalue weighted by Gasteiger charge is -2.09. The number of nitrogens with zero attached hydrogens (tertiary/aromatic N) is 2. The van der Waals surface area contributed by atoms with Gasteiger partial charge in [0, 0.05) is 33.9 Å². The molecule has 9 heteroatoms. The van der Waals surface area contributed by atoms with E-state index in [0.29, 0.717) is 18.9 Å². The topological polar surface area (TPSA) is 97.1 Å². The van der Waals surface area contributed by atoms with Crippen LogP contribution in [0.2, 0.25) is 0 Å². The van der Waals surface area contributed by atoms with E-state index in [4.69, 9.17) is 4.42 Å². The molecule has 160 valence electrons. The largest absolute Gasteiger partial charge is 0.460 e. The van der Waals surface area contributed by atoms with Crippen molar-refractivity contribution in [3.63, 3.8) is 0 Å². The standard InChI is InChI=1S/C22H21BrN4O3S/c1-31(28,29)10-9-24-13-18-6-8-21(30-18)15-5-7-20-19(11-15)22(26-14-25-20)27-17-4-2-3-16(23)12-17/h2-8,11-12,14,24H,9-10,13H2,1H3,(H,25,26,27). The average molecular weight is 501 g/mol. The van der Waals surface area contributed by atoms with Crippen molar-refractivity contribution >= 4 is 48.2 Å². The fourth-order valence-electron chi connectivity index (χ4n) is 3.11. The van der Waals surface area contributed by atoms with Crippen molar-refractivity contribution in [2.75, 3.05) is 23.9 Å². The van der Waals surface area contributed by atoms with Crippen molar-refractivity contribution in [2.45, 2.75) is 6.54 Å². The minimum absolute atomic E-state index is 0.0962. The smallest absolute Gasteiger partial charge is 0.148 e. The minimum atomic E-state index is -2.98. The van der Waals surface area contributed by atoms with Crippen LogP contribution in [0.4, 0.5) is 11.5 Å². The molecule has 0 fully saturated rings. The van der Waals surface area contributed by atoms with Crippen molar-refractivity contribution in [2.24, 2.45) is 0 Å². The molecular formula is C22H21BrN4O3S. The van der Waals surface area contributed by atoms with E-state index in [-0.39, 0.29) is 5.75 Å². The Balaban J connectivity index is 1.54. The summed E-state index contributed by atoms with van der Waals surface area (Å²) >= 11 is 3.48. The molecule has 2 aromatic carbocycles. The van der Waals surface area contributed by atoms with Crippen molar-refractivity contribution in [3.8, 4) is 11.3 Å². The van der Waals surface area contributed by atoms with Crippen molar-refractivity contribution in [1.29, 1.82) is 0 Å². The summed E-state index contributed by atoms with van der Waals surface area (Å²) in [7, 11) is -2.98. The molecule has 2 aromatic heterocycles. The van der Waals surface area contributed by atoms with E-state index in [1.165, 1.54) is 12.6 Å². The van der Waals surface area contributed by atoms with Crippen LogP contribution in [-0.2, 0) is 16.4 Å². The number of rotatable bonds is 8. The van der Waals surface area contributed by atoms with E-state index < -0.39 is 9.84 Å². The fourth-order valence-corrected chi connectivity index (χ4v) is 4.02. The van der Waals surface area contributed by atoms with Gasteiger partial charge in [0.05, 0.1) is 17.8 Å². The van der Waals surface area contributed by atoms with Crippen molar-refractivity contribution < 1.29 is 12.8 Å². The Morgan fingerprint density at radius 1 is 1.06 bits per heavy atom. The summed E-state index contributed by atoms with van der Waals surface area (Å²) in [6.07, 6.45) is 2.76. The van der Waals surface area contributed by atoms with Crippen molar-refractivity contribution in [3.05, 3.63) is 71.2 Å². The van der Waals surface area contributed by atoms with Gasteiger partial charge in [-0.15, -0.1) is 0 Å². The fraction of sp³-hybridized carbons (Fsp3) is 0.182. The van der Waals surface area contributed by atoms with E-state index in [0.717, 1.165) is 38.1 Å². The Hall–Kier alpha value is -2.75. The van der Waals surface area contributed by atoms with Crippen LogP contribution in [0.1, 0.15) is 5.76 Å². The van der Waals surface area contributed by atoms with E-state index in [1.807, 2.05) is 54.6 Å². The molecule has 0 spiro atoms. The maximum Gasteiger partial charge on any atom is 0.148 e. The van der Waals surface area contributed by atoms with E-state index in [1.54, 1.807) is 0 Å². The Morgan fingerprint density at radius 3 is 2.74 bits per heavy atom. The van der Waals surface area contributed by atoms with Gasteiger partial charge >= 0.3 is 0 Å². The van der Waals surface area contributed by atoms with Gasteiger partial charge < -0.3 is 15.1 Å². The third-order valence-corrected chi connectivity index (χ3v) is 6.06. The maximum absolute atomic E-state index is 11.2. The van der Waals surface area contributed by atoms with Crippen molar-refractivity contribution in [1.82, 2.24) is 15.3 Å². The molecule has 0 aliphatic carbocycles. The number of hydrogen-bond acceptors (Lipinski definition) is 7. The monoisotopic (exact) mass is 500 g/mol. The summed E-state index contributed by atoms with van der Waals surface area (Å²) in [5.41, 5.74) is 2.65. The first kappa shape index (κ1) is 21.5. The highest BCUT2D eigenvalue weighted by Gasteiger charge is 2.10. The molecule has 0 saturated heterocycles.